The molecular weight excluding hydrogens is 286 g/mol. The lowest BCUT2D eigenvalue weighted by molar-refractivity contribution is -0.110. The van der Waals surface area contributed by atoms with E-state index >= 15 is 0 Å². The van der Waals surface area contributed by atoms with Crippen molar-refractivity contribution in [1.82, 2.24) is 14.9 Å². The monoisotopic (exact) mass is 307 g/mol. The first-order chi connectivity index (χ1) is 11.1. The average molecular weight is 307 g/mol. The van der Waals surface area contributed by atoms with E-state index in [4.69, 9.17) is 4.98 Å². The SMILES string of the molecule is Cc1ccc(C)c(Cn2c([C@@H](C)NC=O)nc3ccccc32)c1. The molecule has 23 heavy (non-hydrogen) atoms. The van der Waals surface area contributed by atoms with Crippen molar-refractivity contribution < 1.29 is 4.79 Å². The third-order valence-electron chi connectivity index (χ3n) is 4.22. The molecule has 0 spiro atoms. The molecule has 0 unspecified atom stereocenters. The maximum absolute atomic E-state index is 10.8. The van der Waals surface area contributed by atoms with Gasteiger partial charge in [-0.1, -0.05) is 35.9 Å². The van der Waals surface area contributed by atoms with Crippen molar-refractivity contribution >= 4 is 17.4 Å². The van der Waals surface area contributed by atoms with Gasteiger partial charge in [0.2, 0.25) is 6.41 Å². The van der Waals surface area contributed by atoms with Crippen LogP contribution in [0.2, 0.25) is 0 Å². The summed E-state index contributed by atoms with van der Waals surface area (Å²) in [5, 5.41) is 2.81. The van der Waals surface area contributed by atoms with Gasteiger partial charge in [0.25, 0.3) is 0 Å². The number of amides is 1. The Morgan fingerprint density at radius 2 is 2.00 bits per heavy atom. The highest BCUT2D eigenvalue weighted by molar-refractivity contribution is 5.76. The Morgan fingerprint density at radius 3 is 2.78 bits per heavy atom. The summed E-state index contributed by atoms with van der Waals surface area (Å²) in [5.41, 5.74) is 5.81. The maximum Gasteiger partial charge on any atom is 0.207 e. The van der Waals surface area contributed by atoms with Gasteiger partial charge >= 0.3 is 0 Å². The number of carbonyl (C=O) groups excluding carboxylic acids is 1. The van der Waals surface area contributed by atoms with E-state index in [1.807, 2.05) is 25.1 Å². The topological polar surface area (TPSA) is 46.9 Å². The van der Waals surface area contributed by atoms with Crippen LogP contribution in [0.3, 0.4) is 0 Å². The zero-order valence-corrected chi connectivity index (χ0v) is 13.7. The minimum atomic E-state index is -0.134. The third-order valence-corrected chi connectivity index (χ3v) is 4.22. The fourth-order valence-corrected chi connectivity index (χ4v) is 2.91. The summed E-state index contributed by atoms with van der Waals surface area (Å²) < 4.78 is 2.19. The number of para-hydroxylation sites is 2. The number of carbonyl (C=O) groups is 1. The predicted octanol–water partition coefficient (Wildman–Crippen LogP) is 3.51. The quantitative estimate of drug-likeness (QED) is 0.733. The number of hydrogen-bond donors (Lipinski definition) is 1. The number of fused-ring (bicyclic) bond motifs is 1. The highest BCUT2D eigenvalue weighted by atomic mass is 16.1. The molecule has 3 aromatic rings. The fourth-order valence-electron chi connectivity index (χ4n) is 2.91. The normalized spacial score (nSPS) is 12.3. The van der Waals surface area contributed by atoms with Crippen molar-refractivity contribution in [2.24, 2.45) is 0 Å². The number of imidazole rings is 1. The first kappa shape index (κ1) is 15.3. The zero-order chi connectivity index (χ0) is 16.4. The van der Waals surface area contributed by atoms with Crippen LogP contribution >= 0.6 is 0 Å². The van der Waals surface area contributed by atoms with Crippen LogP contribution in [0.25, 0.3) is 11.0 Å². The van der Waals surface area contributed by atoms with Crippen LogP contribution in [0.15, 0.2) is 42.5 Å². The summed E-state index contributed by atoms with van der Waals surface area (Å²) in [6.45, 7) is 6.93. The highest BCUT2D eigenvalue weighted by Gasteiger charge is 2.16. The molecule has 1 atom stereocenters. The fraction of sp³-hybridized carbons (Fsp3) is 0.263. The number of rotatable bonds is 5. The van der Waals surface area contributed by atoms with Crippen LogP contribution in [-0.2, 0) is 11.3 Å². The standard InChI is InChI=1S/C19H21N3O/c1-13-8-9-14(2)16(10-13)11-22-18-7-5-4-6-17(18)21-19(22)15(3)20-12-23/h4-10,12,15H,11H2,1-3H3,(H,20,23)/t15-/m1/s1. The molecule has 4 nitrogen and oxygen atoms in total. The van der Waals surface area contributed by atoms with Gasteiger partial charge in [0.15, 0.2) is 0 Å². The smallest absolute Gasteiger partial charge is 0.207 e. The zero-order valence-electron chi connectivity index (χ0n) is 13.7. The predicted molar refractivity (Wildman–Crippen MR) is 92.4 cm³/mol. The minimum Gasteiger partial charge on any atom is -0.349 e. The van der Waals surface area contributed by atoms with Crippen LogP contribution in [0.4, 0.5) is 0 Å². The van der Waals surface area contributed by atoms with Gasteiger partial charge in [-0.3, -0.25) is 4.79 Å². The Kier molecular flexibility index (Phi) is 4.15. The number of aromatic nitrogens is 2. The molecule has 0 aliphatic rings. The molecule has 1 amide bonds. The summed E-state index contributed by atoms with van der Waals surface area (Å²) in [6, 6.07) is 14.4. The lowest BCUT2D eigenvalue weighted by Crippen LogP contribution is -2.21. The van der Waals surface area contributed by atoms with Crippen molar-refractivity contribution in [2.45, 2.75) is 33.4 Å². The van der Waals surface area contributed by atoms with Gasteiger partial charge in [-0.05, 0) is 44.0 Å². The third kappa shape index (κ3) is 2.97. The maximum atomic E-state index is 10.8. The number of nitrogens with one attached hydrogen (secondary N) is 1. The molecule has 118 valence electrons. The van der Waals surface area contributed by atoms with Crippen LogP contribution in [0.1, 0.15) is 35.5 Å². The van der Waals surface area contributed by atoms with Crippen LogP contribution in [-0.4, -0.2) is 16.0 Å². The van der Waals surface area contributed by atoms with Crippen molar-refractivity contribution in [1.29, 1.82) is 0 Å². The molecular formula is C19H21N3O. The van der Waals surface area contributed by atoms with Gasteiger partial charge in [0.05, 0.1) is 17.1 Å². The lowest BCUT2D eigenvalue weighted by Gasteiger charge is -2.15. The van der Waals surface area contributed by atoms with E-state index in [0.29, 0.717) is 0 Å². The second kappa shape index (κ2) is 6.24. The molecule has 0 aliphatic carbocycles. The summed E-state index contributed by atoms with van der Waals surface area (Å²) in [7, 11) is 0. The second-order valence-electron chi connectivity index (χ2n) is 5.98. The number of benzene rings is 2. The first-order valence-corrected chi connectivity index (χ1v) is 7.81. The lowest BCUT2D eigenvalue weighted by atomic mass is 10.1. The minimum absolute atomic E-state index is 0.134. The molecule has 0 saturated carbocycles. The molecule has 0 bridgehead atoms. The van der Waals surface area contributed by atoms with Crippen molar-refractivity contribution in [3.8, 4) is 0 Å². The van der Waals surface area contributed by atoms with Crippen LogP contribution < -0.4 is 5.32 Å². The van der Waals surface area contributed by atoms with Crippen LogP contribution in [0.5, 0.6) is 0 Å². The Morgan fingerprint density at radius 1 is 1.22 bits per heavy atom. The Bertz CT molecular complexity index is 851. The number of nitrogens with zero attached hydrogens (tertiary/aromatic N) is 2. The molecule has 0 radical (unpaired) electrons. The molecule has 4 heteroatoms. The molecule has 1 aromatic heterocycles. The van der Waals surface area contributed by atoms with Crippen molar-refractivity contribution in [3.63, 3.8) is 0 Å². The summed E-state index contributed by atoms with van der Waals surface area (Å²) in [4.78, 5) is 15.5. The van der Waals surface area contributed by atoms with E-state index in [-0.39, 0.29) is 6.04 Å². The molecule has 0 fully saturated rings. The van der Waals surface area contributed by atoms with E-state index < -0.39 is 0 Å². The van der Waals surface area contributed by atoms with E-state index in [1.165, 1.54) is 16.7 Å². The Labute approximate surface area is 136 Å². The summed E-state index contributed by atoms with van der Waals surface area (Å²) >= 11 is 0. The van der Waals surface area contributed by atoms with E-state index in [1.54, 1.807) is 0 Å². The van der Waals surface area contributed by atoms with Crippen molar-refractivity contribution in [2.75, 3.05) is 0 Å². The van der Waals surface area contributed by atoms with E-state index in [9.17, 15) is 4.79 Å². The van der Waals surface area contributed by atoms with Gasteiger partial charge in [-0.15, -0.1) is 0 Å². The molecule has 2 aromatic carbocycles. The Hall–Kier alpha value is -2.62. The van der Waals surface area contributed by atoms with Crippen molar-refractivity contribution in [3.05, 3.63) is 65.0 Å². The number of aryl methyl sites for hydroxylation is 2. The largest absolute Gasteiger partial charge is 0.349 e. The van der Waals surface area contributed by atoms with Gasteiger partial charge < -0.3 is 9.88 Å². The van der Waals surface area contributed by atoms with E-state index in [2.05, 4.69) is 48.0 Å². The summed E-state index contributed by atoms with van der Waals surface area (Å²) in [5.74, 6) is 0.874. The average Bonchev–Trinajstić information content (AvgIpc) is 2.90. The van der Waals surface area contributed by atoms with Gasteiger partial charge in [-0.2, -0.15) is 0 Å². The molecule has 0 saturated heterocycles. The van der Waals surface area contributed by atoms with E-state index in [0.717, 1.165) is 29.8 Å². The number of hydrogen-bond acceptors (Lipinski definition) is 2. The Balaban J connectivity index is 2.12. The molecule has 0 aliphatic heterocycles. The molecule has 1 N–H and O–H groups in total. The van der Waals surface area contributed by atoms with Gasteiger partial charge in [0, 0.05) is 6.54 Å². The van der Waals surface area contributed by atoms with Gasteiger partial charge in [0.1, 0.15) is 5.82 Å². The summed E-state index contributed by atoms with van der Waals surface area (Å²) in [6.07, 6.45) is 0.728. The second-order valence-corrected chi connectivity index (χ2v) is 5.98. The molecule has 3 rings (SSSR count). The first-order valence-electron chi connectivity index (χ1n) is 7.81. The van der Waals surface area contributed by atoms with Gasteiger partial charge in [-0.25, -0.2) is 4.98 Å². The highest BCUT2D eigenvalue weighted by Crippen LogP contribution is 2.23. The molecule has 1 heterocycles. The van der Waals surface area contributed by atoms with Crippen LogP contribution in [0, 0.1) is 13.8 Å².